The molecule has 0 saturated heterocycles. The molecule has 2 amide bonds. The number of aromatic nitrogens is 2. The molecule has 2 aromatic carbocycles. The predicted octanol–water partition coefficient (Wildman–Crippen LogP) is 2.68. The number of rotatable bonds is 7. The van der Waals surface area contributed by atoms with Crippen LogP contribution in [-0.4, -0.2) is 34.5 Å². The first-order valence-electron chi connectivity index (χ1n) is 8.28. The van der Waals surface area contributed by atoms with E-state index < -0.39 is 11.7 Å². The number of nitrogens with one attached hydrogen (secondary N) is 1. The number of hydrogen-bond acceptors (Lipinski definition) is 5. The van der Waals surface area contributed by atoms with Gasteiger partial charge in [-0.1, -0.05) is 40.9 Å². The Morgan fingerprint density at radius 3 is 2.63 bits per heavy atom. The van der Waals surface area contributed by atoms with Gasteiger partial charge < -0.3 is 5.32 Å². The molecule has 1 N–H and O–H groups in total. The van der Waals surface area contributed by atoms with Gasteiger partial charge in [-0.3, -0.25) is 14.5 Å². The molecule has 6 nitrogen and oxygen atoms in total. The van der Waals surface area contributed by atoms with Gasteiger partial charge in [0.2, 0.25) is 5.91 Å². The Bertz CT molecular complexity index is 903. The van der Waals surface area contributed by atoms with Crippen LogP contribution in [0.25, 0.3) is 0 Å². The highest BCUT2D eigenvalue weighted by molar-refractivity contribution is 7.03. The van der Waals surface area contributed by atoms with Crippen molar-refractivity contribution in [2.24, 2.45) is 0 Å². The van der Waals surface area contributed by atoms with E-state index in [9.17, 15) is 14.0 Å². The highest BCUT2D eigenvalue weighted by Gasteiger charge is 2.23. The van der Waals surface area contributed by atoms with Crippen molar-refractivity contribution in [3.05, 3.63) is 77.1 Å². The average Bonchev–Trinajstić information content (AvgIpc) is 3.21. The molecule has 1 aromatic heterocycles. The van der Waals surface area contributed by atoms with Gasteiger partial charge in [0.25, 0.3) is 5.91 Å². The van der Waals surface area contributed by atoms with Gasteiger partial charge in [-0.25, -0.2) is 4.39 Å². The van der Waals surface area contributed by atoms with Gasteiger partial charge >= 0.3 is 0 Å². The number of carbonyl (C=O) groups is 2. The number of anilines is 1. The van der Waals surface area contributed by atoms with Crippen LogP contribution in [0.2, 0.25) is 0 Å². The molecule has 0 atom stereocenters. The minimum Gasteiger partial charge on any atom is -0.354 e. The zero-order chi connectivity index (χ0) is 19.1. The fourth-order valence-corrected chi connectivity index (χ4v) is 2.94. The van der Waals surface area contributed by atoms with E-state index in [4.69, 9.17) is 0 Å². The molecular formula is C19H17FN4O2S. The first kappa shape index (κ1) is 18.7. The molecule has 0 aliphatic carbocycles. The first-order chi connectivity index (χ1) is 13.1. The normalized spacial score (nSPS) is 10.4. The van der Waals surface area contributed by atoms with Gasteiger partial charge in [0.05, 0.1) is 0 Å². The van der Waals surface area contributed by atoms with Crippen LogP contribution in [-0.2, 0) is 11.2 Å². The van der Waals surface area contributed by atoms with Gasteiger partial charge in [0, 0.05) is 17.6 Å². The Hall–Kier alpha value is -3.13. The molecule has 138 valence electrons. The predicted molar refractivity (Wildman–Crippen MR) is 101 cm³/mol. The molecule has 0 fully saturated rings. The maximum absolute atomic E-state index is 13.6. The van der Waals surface area contributed by atoms with Gasteiger partial charge in [0.1, 0.15) is 12.4 Å². The quantitative estimate of drug-likeness (QED) is 0.680. The number of amides is 2. The lowest BCUT2D eigenvalue weighted by atomic mass is 10.1. The number of halogens is 1. The molecule has 0 saturated carbocycles. The molecule has 0 aliphatic heterocycles. The van der Waals surface area contributed by atoms with Crippen LogP contribution in [0.15, 0.2) is 60.0 Å². The van der Waals surface area contributed by atoms with E-state index in [2.05, 4.69) is 14.9 Å². The minimum atomic E-state index is -0.507. The van der Waals surface area contributed by atoms with Crippen molar-refractivity contribution in [3.8, 4) is 0 Å². The number of hydrogen-bond donors (Lipinski definition) is 1. The van der Waals surface area contributed by atoms with E-state index in [1.165, 1.54) is 28.5 Å². The van der Waals surface area contributed by atoms with E-state index >= 15 is 0 Å². The maximum Gasteiger partial charge on any atom is 0.280 e. The van der Waals surface area contributed by atoms with Crippen LogP contribution in [0.5, 0.6) is 0 Å². The summed E-state index contributed by atoms with van der Waals surface area (Å²) in [6.45, 7) is 0.195. The van der Waals surface area contributed by atoms with Crippen molar-refractivity contribution in [2.75, 3.05) is 18.0 Å². The Kier molecular flexibility index (Phi) is 6.22. The van der Waals surface area contributed by atoms with E-state index in [0.29, 0.717) is 13.0 Å². The van der Waals surface area contributed by atoms with Crippen molar-refractivity contribution in [2.45, 2.75) is 6.42 Å². The molecule has 27 heavy (non-hydrogen) atoms. The maximum atomic E-state index is 13.6. The van der Waals surface area contributed by atoms with E-state index in [0.717, 1.165) is 17.1 Å². The third kappa shape index (κ3) is 5.18. The van der Waals surface area contributed by atoms with Crippen LogP contribution in [0.1, 0.15) is 16.1 Å². The molecule has 8 heteroatoms. The van der Waals surface area contributed by atoms with E-state index in [1.54, 1.807) is 6.07 Å². The molecule has 3 aromatic rings. The van der Waals surface area contributed by atoms with Gasteiger partial charge in [-0.05, 0) is 41.7 Å². The zero-order valence-corrected chi connectivity index (χ0v) is 15.2. The molecule has 0 spiro atoms. The van der Waals surface area contributed by atoms with Crippen molar-refractivity contribution >= 4 is 29.0 Å². The summed E-state index contributed by atoms with van der Waals surface area (Å²) in [7, 11) is 0. The van der Waals surface area contributed by atoms with Crippen molar-refractivity contribution in [1.82, 2.24) is 14.9 Å². The van der Waals surface area contributed by atoms with Gasteiger partial charge in [-0.2, -0.15) is 0 Å². The van der Waals surface area contributed by atoms with Gasteiger partial charge in [0.15, 0.2) is 5.69 Å². The van der Waals surface area contributed by atoms with Gasteiger partial charge in [-0.15, -0.1) is 5.10 Å². The second-order valence-corrected chi connectivity index (χ2v) is 6.36. The Morgan fingerprint density at radius 1 is 1.11 bits per heavy atom. The smallest absolute Gasteiger partial charge is 0.280 e. The Balaban J connectivity index is 1.67. The highest BCUT2D eigenvalue weighted by Crippen LogP contribution is 2.18. The lowest BCUT2D eigenvalue weighted by molar-refractivity contribution is -0.119. The summed E-state index contributed by atoms with van der Waals surface area (Å²) in [6, 6.07) is 15.3. The summed E-state index contributed by atoms with van der Waals surface area (Å²) < 4.78 is 17.3. The summed E-state index contributed by atoms with van der Waals surface area (Å²) in [6.07, 6.45) is 0.677. The summed E-state index contributed by atoms with van der Waals surface area (Å²) in [5.74, 6) is -1.34. The Labute approximate surface area is 159 Å². The lowest BCUT2D eigenvalue weighted by Crippen LogP contribution is -2.41. The summed E-state index contributed by atoms with van der Waals surface area (Å²) in [4.78, 5) is 26.2. The number of nitrogens with zero attached hydrogens (tertiary/aromatic N) is 3. The molecule has 0 radical (unpaired) electrons. The third-order valence-corrected chi connectivity index (χ3v) is 4.33. The number of benzene rings is 2. The first-order valence-corrected chi connectivity index (χ1v) is 9.12. The monoisotopic (exact) mass is 384 g/mol. The molecule has 0 bridgehead atoms. The summed E-state index contributed by atoms with van der Waals surface area (Å²) in [5.41, 5.74) is 1.50. The van der Waals surface area contributed by atoms with E-state index in [-0.39, 0.29) is 23.8 Å². The standard InChI is InChI=1S/C19H17FN4O2S/c20-15-7-4-8-16(11-15)24(19(26)17-13-27-23-22-17)12-18(25)21-10-9-14-5-2-1-3-6-14/h1-8,11,13H,9-10,12H2,(H,21,25). The molecule has 0 unspecified atom stereocenters. The second-order valence-electron chi connectivity index (χ2n) is 5.75. The molecule has 1 heterocycles. The van der Waals surface area contributed by atoms with Crippen LogP contribution in [0.4, 0.5) is 10.1 Å². The number of carbonyl (C=O) groups excluding carboxylic acids is 2. The largest absolute Gasteiger partial charge is 0.354 e. The van der Waals surface area contributed by atoms with Crippen LogP contribution in [0.3, 0.4) is 0 Å². The van der Waals surface area contributed by atoms with Crippen molar-refractivity contribution < 1.29 is 14.0 Å². The molecular weight excluding hydrogens is 367 g/mol. The fraction of sp³-hybridized carbons (Fsp3) is 0.158. The average molecular weight is 384 g/mol. The molecule has 3 rings (SSSR count). The SMILES string of the molecule is O=C(CN(C(=O)c1csnn1)c1cccc(F)c1)NCCc1ccccc1. The lowest BCUT2D eigenvalue weighted by Gasteiger charge is -2.21. The molecule has 0 aliphatic rings. The van der Waals surface area contributed by atoms with Crippen LogP contribution >= 0.6 is 11.5 Å². The van der Waals surface area contributed by atoms with Crippen molar-refractivity contribution in [1.29, 1.82) is 0 Å². The van der Waals surface area contributed by atoms with Crippen LogP contribution < -0.4 is 10.2 Å². The third-order valence-electron chi connectivity index (χ3n) is 3.82. The second kappa shape index (κ2) is 9.00. The Morgan fingerprint density at radius 2 is 1.93 bits per heavy atom. The topological polar surface area (TPSA) is 75.2 Å². The van der Waals surface area contributed by atoms with Crippen molar-refractivity contribution in [3.63, 3.8) is 0 Å². The minimum absolute atomic E-state index is 0.112. The van der Waals surface area contributed by atoms with Crippen LogP contribution in [0, 0.1) is 5.82 Å². The summed E-state index contributed by atoms with van der Waals surface area (Å²) in [5, 5.41) is 8.02. The fourth-order valence-electron chi connectivity index (χ4n) is 2.51. The highest BCUT2D eigenvalue weighted by atomic mass is 32.1. The summed E-state index contributed by atoms with van der Waals surface area (Å²) >= 11 is 1.03. The van der Waals surface area contributed by atoms with E-state index in [1.807, 2.05) is 30.3 Å². The zero-order valence-electron chi connectivity index (χ0n) is 14.3.